The molecule has 0 aliphatic heterocycles. The van der Waals surface area contributed by atoms with Gasteiger partial charge in [0.25, 0.3) is 0 Å². The van der Waals surface area contributed by atoms with Crippen molar-refractivity contribution in [3.8, 4) is 0 Å². The highest BCUT2D eigenvalue weighted by molar-refractivity contribution is 5.95. The molecule has 4 aliphatic carbocycles. The summed E-state index contributed by atoms with van der Waals surface area (Å²) >= 11 is 0. The van der Waals surface area contributed by atoms with Gasteiger partial charge in [-0.15, -0.1) is 0 Å². The Balaban J connectivity index is 1.67. The van der Waals surface area contributed by atoms with Gasteiger partial charge in [0.05, 0.1) is 0 Å². The molecule has 0 saturated heterocycles. The summed E-state index contributed by atoms with van der Waals surface area (Å²) in [6, 6.07) is 0. The van der Waals surface area contributed by atoms with E-state index in [1.165, 1.54) is 50.2 Å². The summed E-state index contributed by atoms with van der Waals surface area (Å²) in [7, 11) is 0. The van der Waals surface area contributed by atoms with E-state index >= 15 is 0 Å². The first-order chi connectivity index (χ1) is 16.2. The van der Waals surface area contributed by atoms with Gasteiger partial charge in [0.1, 0.15) is 6.10 Å². The lowest BCUT2D eigenvalue weighted by Gasteiger charge is -2.65. The number of esters is 1. The molecule has 0 N–H and O–H groups in total. The number of ether oxygens (including phenoxy) is 1. The first-order valence-corrected chi connectivity index (χ1v) is 14.2. The van der Waals surface area contributed by atoms with Crippen LogP contribution in [0.25, 0.3) is 0 Å². The van der Waals surface area contributed by atoms with Crippen molar-refractivity contribution in [3.63, 3.8) is 0 Å². The van der Waals surface area contributed by atoms with Crippen molar-refractivity contribution in [3.05, 3.63) is 23.3 Å². The Hall–Kier alpha value is -1.38. The number of carbonyl (C=O) groups is 2. The van der Waals surface area contributed by atoms with E-state index in [2.05, 4.69) is 61.5 Å². The molecule has 0 amide bonds. The number of hydrogen-bond acceptors (Lipinski definition) is 3. The molecule has 3 heteroatoms. The van der Waals surface area contributed by atoms with Crippen LogP contribution in [0.1, 0.15) is 114 Å². The number of carbonyl (C=O) groups excluding carboxylic acids is 2. The molecule has 3 saturated carbocycles. The molecule has 4 aliphatic rings. The largest absolute Gasteiger partial charge is 0.462 e. The van der Waals surface area contributed by atoms with E-state index in [1.807, 2.05) is 6.08 Å². The molecule has 3 fully saturated rings. The van der Waals surface area contributed by atoms with Gasteiger partial charge in [-0.3, -0.25) is 9.59 Å². The minimum Gasteiger partial charge on any atom is -0.462 e. The van der Waals surface area contributed by atoms with Crippen LogP contribution in [-0.4, -0.2) is 17.9 Å². The van der Waals surface area contributed by atoms with E-state index in [-0.39, 0.29) is 39.7 Å². The minimum absolute atomic E-state index is 0.00587. The lowest BCUT2D eigenvalue weighted by Crippen LogP contribution is -2.62. The van der Waals surface area contributed by atoms with Crippen LogP contribution in [0.5, 0.6) is 0 Å². The number of fused-ring (bicyclic) bond motifs is 5. The Morgan fingerprint density at radius 1 is 1.03 bits per heavy atom. The van der Waals surface area contributed by atoms with Gasteiger partial charge in [-0.2, -0.15) is 0 Å². The highest BCUT2D eigenvalue weighted by atomic mass is 16.5. The summed E-state index contributed by atoms with van der Waals surface area (Å²) in [5.41, 5.74) is 2.62. The second kappa shape index (κ2) is 8.88. The molecule has 35 heavy (non-hydrogen) atoms. The van der Waals surface area contributed by atoms with Crippen LogP contribution in [0.3, 0.4) is 0 Å². The highest BCUT2D eigenvalue weighted by Crippen LogP contribution is 2.74. The molecular formula is C32H50O3. The normalized spacial score (nSPS) is 42.8. The monoisotopic (exact) mass is 482 g/mol. The third kappa shape index (κ3) is 3.98. The average Bonchev–Trinajstić information content (AvgIpc) is 3.01. The summed E-state index contributed by atoms with van der Waals surface area (Å²) in [4.78, 5) is 25.9. The van der Waals surface area contributed by atoms with Gasteiger partial charge in [-0.25, -0.2) is 0 Å². The zero-order chi connectivity index (χ0) is 26.0. The molecule has 3 nitrogen and oxygen atoms in total. The molecule has 0 heterocycles. The highest BCUT2D eigenvalue weighted by Gasteiger charge is 2.69. The summed E-state index contributed by atoms with van der Waals surface area (Å²) < 4.78 is 5.76. The fourth-order valence-electron chi connectivity index (χ4n) is 9.68. The number of hydrogen-bond donors (Lipinski definition) is 0. The molecule has 0 aromatic heterocycles. The van der Waals surface area contributed by atoms with Crippen molar-refractivity contribution in [1.82, 2.24) is 0 Å². The fraction of sp³-hybridized carbons (Fsp3) is 0.812. The molecule has 8 atom stereocenters. The quantitative estimate of drug-likeness (QED) is 0.294. The number of rotatable bonds is 5. The van der Waals surface area contributed by atoms with Gasteiger partial charge in [-0.1, -0.05) is 58.8 Å². The van der Waals surface area contributed by atoms with Crippen LogP contribution in [0.15, 0.2) is 23.3 Å². The molecule has 8 unspecified atom stereocenters. The molecular weight excluding hydrogens is 432 g/mol. The third-order valence-electron chi connectivity index (χ3n) is 11.8. The van der Waals surface area contributed by atoms with Crippen LogP contribution >= 0.6 is 0 Å². The van der Waals surface area contributed by atoms with Crippen LogP contribution in [0.4, 0.5) is 0 Å². The van der Waals surface area contributed by atoms with Gasteiger partial charge in [0.15, 0.2) is 5.78 Å². The maximum absolute atomic E-state index is 14.1. The van der Waals surface area contributed by atoms with Crippen molar-refractivity contribution in [2.24, 2.45) is 45.3 Å². The molecule has 196 valence electrons. The Kier molecular flexibility index (Phi) is 6.76. The standard InChI is InChI=1S/C32H50O3/c1-20(2)11-10-12-21(3)23-15-16-32(9)28-26(34)19-25-24(30(28,7)17-18-31(23,32)8)13-14-27(29(25,5)6)35-22(4)33/h11,19,21,23-24,27-28H,10,12-18H2,1-9H3. The molecule has 4 rings (SSSR count). The zero-order valence-corrected chi connectivity index (χ0v) is 23.9. The predicted octanol–water partition coefficient (Wildman–Crippen LogP) is 8.08. The first kappa shape index (κ1) is 26.7. The van der Waals surface area contributed by atoms with Gasteiger partial charge in [0.2, 0.25) is 0 Å². The first-order valence-electron chi connectivity index (χ1n) is 14.2. The minimum atomic E-state index is -0.294. The van der Waals surface area contributed by atoms with E-state index in [0.717, 1.165) is 19.3 Å². The van der Waals surface area contributed by atoms with Crippen LogP contribution in [-0.2, 0) is 14.3 Å². The lowest BCUT2D eigenvalue weighted by molar-refractivity contribution is -0.168. The third-order valence-corrected chi connectivity index (χ3v) is 11.8. The maximum atomic E-state index is 14.1. The smallest absolute Gasteiger partial charge is 0.302 e. The van der Waals surface area contributed by atoms with Crippen molar-refractivity contribution in [2.75, 3.05) is 0 Å². The number of ketones is 1. The van der Waals surface area contributed by atoms with E-state index in [4.69, 9.17) is 4.74 Å². The Morgan fingerprint density at radius 3 is 2.34 bits per heavy atom. The van der Waals surface area contributed by atoms with Crippen molar-refractivity contribution in [2.45, 2.75) is 120 Å². The molecule has 0 aromatic rings. The summed E-state index contributed by atoms with van der Waals surface area (Å²) in [6.45, 7) is 20.2. The Bertz CT molecular complexity index is 936. The maximum Gasteiger partial charge on any atom is 0.302 e. The molecule has 0 spiro atoms. The second-order valence-corrected chi connectivity index (χ2v) is 14.2. The van der Waals surface area contributed by atoms with Gasteiger partial charge >= 0.3 is 5.97 Å². The topological polar surface area (TPSA) is 43.4 Å². The lowest BCUT2D eigenvalue weighted by atomic mass is 9.39. The summed E-state index contributed by atoms with van der Waals surface area (Å²) in [5, 5.41) is 0. The van der Waals surface area contributed by atoms with Crippen LogP contribution in [0, 0.1) is 45.3 Å². The SMILES string of the molecule is CC(=O)OC1CCC2C(=CC(=O)C3C2(C)CCC2(C)C(C(C)CCC=C(C)C)CCC32C)C1(C)C. The second-order valence-electron chi connectivity index (χ2n) is 14.2. The summed E-state index contributed by atoms with van der Waals surface area (Å²) in [5.74, 6) is 2.01. The van der Waals surface area contributed by atoms with Crippen LogP contribution < -0.4 is 0 Å². The van der Waals surface area contributed by atoms with E-state index < -0.39 is 0 Å². The van der Waals surface area contributed by atoms with E-state index in [9.17, 15) is 9.59 Å². The van der Waals surface area contributed by atoms with E-state index in [1.54, 1.807) is 0 Å². The molecule has 0 bridgehead atoms. The number of allylic oxidation sites excluding steroid dienone is 3. The van der Waals surface area contributed by atoms with Gasteiger partial charge in [0, 0.05) is 18.3 Å². The van der Waals surface area contributed by atoms with Crippen molar-refractivity contribution >= 4 is 11.8 Å². The predicted molar refractivity (Wildman–Crippen MR) is 143 cm³/mol. The fourth-order valence-corrected chi connectivity index (χ4v) is 9.68. The Labute approximate surface area is 214 Å². The van der Waals surface area contributed by atoms with Crippen molar-refractivity contribution < 1.29 is 14.3 Å². The van der Waals surface area contributed by atoms with E-state index in [0.29, 0.717) is 23.5 Å². The molecule has 0 aromatic carbocycles. The van der Waals surface area contributed by atoms with Crippen molar-refractivity contribution in [1.29, 1.82) is 0 Å². The average molecular weight is 483 g/mol. The van der Waals surface area contributed by atoms with Crippen LogP contribution in [0.2, 0.25) is 0 Å². The zero-order valence-electron chi connectivity index (χ0n) is 23.9. The Morgan fingerprint density at radius 2 is 1.71 bits per heavy atom. The molecule has 0 radical (unpaired) electrons. The van der Waals surface area contributed by atoms with Gasteiger partial charge < -0.3 is 4.74 Å². The summed E-state index contributed by atoms with van der Waals surface area (Å²) in [6.07, 6.45) is 13.4. The van der Waals surface area contributed by atoms with Gasteiger partial charge in [-0.05, 0) is 105 Å².